The number of ether oxygens (including phenoxy) is 5. The minimum absolute atomic E-state index is 0.325. The van der Waals surface area contributed by atoms with Gasteiger partial charge in [0.15, 0.2) is 6.29 Å². The van der Waals surface area contributed by atoms with Gasteiger partial charge in [0.25, 0.3) is 0 Å². The Balaban J connectivity index is 2.78. The zero-order chi connectivity index (χ0) is 12.1. The molecule has 2 unspecified atom stereocenters. The predicted octanol–water partition coefficient (Wildman–Crippen LogP) is -0.605. The Labute approximate surface area is 95.4 Å². The van der Waals surface area contributed by atoms with Crippen LogP contribution in [0.2, 0.25) is 0 Å². The third kappa shape index (κ3) is 2.71. The molecule has 1 fully saturated rings. The second-order valence-corrected chi connectivity index (χ2v) is 3.62. The number of aliphatic hydroxyl groups is 1. The van der Waals surface area contributed by atoms with E-state index in [2.05, 4.69) is 0 Å². The van der Waals surface area contributed by atoms with Crippen LogP contribution >= 0.6 is 0 Å². The maximum atomic E-state index is 9.74. The molecule has 16 heavy (non-hydrogen) atoms. The standard InChI is InChI=1S/C10H20O6/c1-12-5-6-7(13-2)8(14-3)9(15-4)10(11)16-6/h6-11H,5H2,1-4H3/t6?,7-,8-,9?,10+/m0/s1. The Morgan fingerprint density at radius 2 is 1.50 bits per heavy atom. The van der Waals surface area contributed by atoms with Crippen molar-refractivity contribution in [1.82, 2.24) is 0 Å². The largest absolute Gasteiger partial charge is 0.382 e. The molecule has 5 atom stereocenters. The molecule has 0 bridgehead atoms. The zero-order valence-electron chi connectivity index (χ0n) is 10.1. The summed E-state index contributed by atoms with van der Waals surface area (Å²) in [5.74, 6) is 0. The number of aliphatic hydroxyl groups excluding tert-OH is 1. The van der Waals surface area contributed by atoms with Crippen LogP contribution in [-0.4, -0.2) is 70.9 Å². The van der Waals surface area contributed by atoms with Gasteiger partial charge in [0, 0.05) is 28.4 Å². The summed E-state index contributed by atoms with van der Waals surface area (Å²) in [5.41, 5.74) is 0. The van der Waals surface area contributed by atoms with E-state index in [1.54, 1.807) is 21.3 Å². The SMILES string of the molecule is COCC1O[C@@H](O)C(OC)[C@@H](OC)[C@H]1OC. The van der Waals surface area contributed by atoms with E-state index in [9.17, 15) is 5.11 Å². The second-order valence-electron chi connectivity index (χ2n) is 3.62. The molecule has 0 saturated carbocycles. The van der Waals surface area contributed by atoms with Gasteiger partial charge in [0.05, 0.1) is 6.61 Å². The molecule has 6 nitrogen and oxygen atoms in total. The van der Waals surface area contributed by atoms with E-state index in [-0.39, 0.29) is 18.3 Å². The Kier molecular flexibility index (Phi) is 5.60. The first kappa shape index (κ1) is 13.8. The summed E-state index contributed by atoms with van der Waals surface area (Å²) in [6.07, 6.45) is -2.71. The van der Waals surface area contributed by atoms with Gasteiger partial charge in [-0.2, -0.15) is 0 Å². The minimum Gasteiger partial charge on any atom is -0.382 e. The summed E-state index contributed by atoms with van der Waals surface area (Å²) < 4.78 is 26.1. The van der Waals surface area contributed by atoms with Gasteiger partial charge in [-0.1, -0.05) is 0 Å². The number of hydrogen-bond acceptors (Lipinski definition) is 6. The van der Waals surface area contributed by atoms with Crippen molar-refractivity contribution in [1.29, 1.82) is 0 Å². The van der Waals surface area contributed by atoms with Crippen LogP contribution in [0.15, 0.2) is 0 Å². The van der Waals surface area contributed by atoms with Gasteiger partial charge in [0.2, 0.25) is 0 Å². The molecule has 0 spiro atoms. The molecular weight excluding hydrogens is 216 g/mol. The minimum atomic E-state index is -1.04. The van der Waals surface area contributed by atoms with Crippen molar-refractivity contribution >= 4 is 0 Å². The van der Waals surface area contributed by atoms with Crippen LogP contribution in [0, 0.1) is 0 Å². The van der Waals surface area contributed by atoms with Gasteiger partial charge in [-0.25, -0.2) is 0 Å². The molecule has 1 aliphatic heterocycles. The lowest BCUT2D eigenvalue weighted by molar-refractivity contribution is -0.300. The Hall–Kier alpha value is -0.240. The van der Waals surface area contributed by atoms with Crippen LogP contribution in [-0.2, 0) is 23.7 Å². The highest BCUT2D eigenvalue weighted by Crippen LogP contribution is 2.25. The molecule has 0 radical (unpaired) electrons. The first-order chi connectivity index (χ1) is 7.69. The van der Waals surface area contributed by atoms with Crippen molar-refractivity contribution in [3.05, 3.63) is 0 Å². The van der Waals surface area contributed by atoms with Crippen LogP contribution in [0.1, 0.15) is 0 Å². The molecule has 0 aromatic heterocycles. The molecule has 6 heteroatoms. The summed E-state index contributed by atoms with van der Waals surface area (Å²) >= 11 is 0. The summed E-state index contributed by atoms with van der Waals surface area (Å²) in [5, 5.41) is 9.74. The van der Waals surface area contributed by atoms with Crippen LogP contribution in [0.5, 0.6) is 0 Å². The van der Waals surface area contributed by atoms with Crippen molar-refractivity contribution in [3.8, 4) is 0 Å². The van der Waals surface area contributed by atoms with Gasteiger partial charge >= 0.3 is 0 Å². The van der Waals surface area contributed by atoms with Crippen LogP contribution in [0.4, 0.5) is 0 Å². The highest BCUT2D eigenvalue weighted by Gasteiger charge is 2.46. The lowest BCUT2D eigenvalue weighted by Crippen LogP contribution is -2.60. The van der Waals surface area contributed by atoms with E-state index in [1.807, 2.05) is 0 Å². The molecule has 1 rings (SSSR count). The molecule has 0 amide bonds. The average molecular weight is 236 g/mol. The molecule has 1 saturated heterocycles. The lowest BCUT2D eigenvalue weighted by atomic mass is 9.98. The van der Waals surface area contributed by atoms with Gasteiger partial charge in [0.1, 0.15) is 24.4 Å². The maximum Gasteiger partial charge on any atom is 0.184 e. The third-order valence-corrected chi connectivity index (χ3v) is 2.76. The molecule has 96 valence electrons. The van der Waals surface area contributed by atoms with Gasteiger partial charge in [-0.3, -0.25) is 0 Å². The van der Waals surface area contributed by atoms with E-state index < -0.39 is 12.4 Å². The molecule has 1 heterocycles. The van der Waals surface area contributed by atoms with E-state index in [1.165, 1.54) is 7.11 Å². The van der Waals surface area contributed by atoms with E-state index in [0.717, 1.165) is 0 Å². The monoisotopic (exact) mass is 236 g/mol. The third-order valence-electron chi connectivity index (χ3n) is 2.76. The highest BCUT2D eigenvalue weighted by atomic mass is 16.7. The summed E-state index contributed by atoms with van der Waals surface area (Å²) in [4.78, 5) is 0. The fraction of sp³-hybridized carbons (Fsp3) is 1.00. The van der Waals surface area contributed by atoms with Crippen molar-refractivity contribution in [3.63, 3.8) is 0 Å². The molecule has 0 aromatic rings. The van der Waals surface area contributed by atoms with Gasteiger partial charge in [-0.05, 0) is 0 Å². The van der Waals surface area contributed by atoms with Gasteiger partial charge < -0.3 is 28.8 Å². The molecule has 1 N–H and O–H groups in total. The molecular formula is C10H20O6. The average Bonchev–Trinajstić information content (AvgIpc) is 2.28. The molecule has 0 aromatic carbocycles. The quantitative estimate of drug-likeness (QED) is 0.687. The summed E-state index contributed by atoms with van der Waals surface area (Å²) in [7, 11) is 6.16. The van der Waals surface area contributed by atoms with Crippen LogP contribution < -0.4 is 0 Å². The molecule has 0 aliphatic carbocycles. The Bertz CT molecular complexity index is 200. The lowest BCUT2D eigenvalue weighted by Gasteiger charge is -2.42. The van der Waals surface area contributed by atoms with Gasteiger partial charge in [-0.15, -0.1) is 0 Å². The predicted molar refractivity (Wildman–Crippen MR) is 55.1 cm³/mol. The Morgan fingerprint density at radius 3 is 1.94 bits per heavy atom. The van der Waals surface area contributed by atoms with E-state index in [4.69, 9.17) is 23.7 Å². The number of hydrogen-bond donors (Lipinski definition) is 1. The van der Waals surface area contributed by atoms with E-state index in [0.29, 0.717) is 6.61 Å². The van der Waals surface area contributed by atoms with Crippen LogP contribution in [0.3, 0.4) is 0 Å². The summed E-state index contributed by atoms with van der Waals surface area (Å²) in [6, 6.07) is 0. The second kappa shape index (κ2) is 6.48. The van der Waals surface area contributed by atoms with Crippen molar-refractivity contribution in [2.75, 3.05) is 35.0 Å². The Morgan fingerprint density at radius 1 is 0.938 bits per heavy atom. The van der Waals surface area contributed by atoms with E-state index >= 15 is 0 Å². The van der Waals surface area contributed by atoms with Crippen LogP contribution in [0.25, 0.3) is 0 Å². The topological polar surface area (TPSA) is 66.4 Å². The van der Waals surface area contributed by atoms with Crippen molar-refractivity contribution in [2.24, 2.45) is 0 Å². The fourth-order valence-corrected chi connectivity index (χ4v) is 2.00. The van der Waals surface area contributed by atoms with Crippen molar-refractivity contribution < 1.29 is 28.8 Å². The molecule has 1 aliphatic rings. The fourth-order valence-electron chi connectivity index (χ4n) is 2.00. The van der Waals surface area contributed by atoms with Crippen molar-refractivity contribution in [2.45, 2.75) is 30.7 Å². The smallest absolute Gasteiger partial charge is 0.184 e. The first-order valence-electron chi connectivity index (χ1n) is 5.10. The number of methoxy groups -OCH3 is 4. The zero-order valence-corrected chi connectivity index (χ0v) is 10.1. The summed E-state index contributed by atoms with van der Waals surface area (Å²) in [6.45, 7) is 0.325. The highest BCUT2D eigenvalue weighted by molar-refractivity contribution is 4.91. The maximum absolute atomic E-state index is 9.74. The first-order valence-corrected chi connectivity index (χ1v) is 5.10. The normalized spacial score (nSPS) is 39.9. The number of rotatable bonds is 5.